The molecule has 0 saturated carbocycles. The fourth-order valence-electron chi connectivity index (χ4n) is 0.941. The van der Waals surface area contributed by atoms with Crippen LogP contribution in [0.3, 0.4) is 0 Å². The standard InChI is InChI=1S/C10H17NO2/c1-3-5-7-13-10(12)9(8-11)6-4-2/h9H,3-7H2,1-2H3. The minimum Gasteiger partial charge on any atom is -0.465 e. The average Bonchev–Trinajstić information content (AvgIpc) is 2.14. The molecule has 0 aliphatic rings. The normalized spacial score (nSPS) is 11.8. The van der Waals surface area contributed by atoms with Crippen LogP contribution in [0.15, 0.2) is 0 Å². The highest BCUT2D eigenvalue weighted by Gasteiger charge is 2.17. The number of esters is 1. The topological polar surface area (TPSA) is 50.1 Å². The predicted molar refractivity (Wildman–Crippen MR) is 49.9 cm³/mol. The molecule has 0 amide bonds. The molecule has 74 valence electrons. The maximum absolute atomic E-state index is 11.2. The van der Waals surface area contributed by atoms with E-state index >= 15 is 0 Å². The first kappa shape index (κ1) is 12.0. The Morgan fingerprint density at radius 2 is 2.15 bits per heavy atom. The van der Waals surface area contributed by atoms with Crippen molar-refractivity contribution in [2.75, 3.05) is 6.61 Å². The van der Waals surface area contributed by atoms with E-state index < -0.39 is 5.92 Å². The molecule has 3 nitrogen and oxygen atoms in total. The zero-order valence-electron chi connectivity index (χ0n) is 8.38. The van der Waals surface area contributed by atoms with Gasteiger partial charge in [0.2, 0.25) is 0 Å². The van der Waals surface area contributed by atoms with Crippen LogP contribution in [0.1, 0.15) is 39.5 Å². The second-order valence-corrected chi connectivity index (χ2v) is 2.99. The number of nitrogens with zero attached hydrogens (tertiary/aromatic N) is 1. The summed E-state index contributed by atoms with van der Waals surface area (Å²) in [7, 11) is 0. The van der Waals surface area contributed by atoms with Crippen molar-refractivity contribution in [2.45, 2.75) is 39.5 Å². The highest BCUT2D eigenvalue weighted by Crippen LogP contribution is 2.07. The van der Waals surface area contributed by atoms with Gasteiger partial charge in [-0.05, 0) is 12.8 Å². The van der Waals surface area contributed by atoms with Crippen molar-refractivity contribution in [1.82, 2.24) is 0 Å². The van der Waals surface area contributed by atoms with Crippen molar-refractivity contribution in [1.29, 1.82) is 5.26 Å². The molecule has 0 saturated heterocycles. The second-order valence-electron chi connectivity index (χ2n) is 2.99. The molecule has 3 heteroatoms. The third kappa shape index (κ3) is 5.24. The van der Waals surface area contributed by atoms with Gasteiger partial charge in [0.15, 0.2) is 0 Å². The molecule has 0 aromatic rings. The molecule has 0 aromatic heterocycles. The maximum atomic E-state index is 11.2. The van der Waals surface area contributed by atoms with Gasteiger partial charge in [0.05, 0.1) is 12.7 Å². The van der Waals surface area contributed by atoms with Gasteiger partial charge in [-0.15, -0.1) is 0 Å². The first-order chi connectivity index (χ1) is 6.26. The summed E-state index contributed by atoms with van der Waals surface area (Å²) in [5.74, 6) is -0.931. The van der Waals surface area contributed by atoms with Crippen molar-refractivity contribution in [2.24, 2.45) is 5.92 Å². The number of ether oxygens (including phenoxy) is 1. The molecular weight excluding hydrogens is 166 g/mol. The molecule has 0 aromatic carbocycles. The molecule has 13 heavy (non-hydrogen) atoms. The minimum absolute atomic E-state index is 0.363. The summed E-state index contributed by atoms with van der Waals surface area (Å²) in [6, 6.07) is 1.96. The van der Waals surface area contributed by atoms with Crippen LogP contribution in [0.4, 0.5) is 0 Å². The van der Waals surface area contributed by atoms with Gasteiger partial charge in [-0.3, -0.25) is 4.79 Å². The van der Waals surface area contributed by atoms with Gasteiger partial charge in [0, 0.05) is 0 Å². The number of nitriles is 1. The summed E-state index contributed by atoms with van der Waals surface area (Å²) in [5.41, 5.74) is 0. The third-order valence-electron chi connectivity index (χ3n) is 1.76. The molecule has 0 aliphatic carbocycles. The van der Waals surface area contributed by atoms with Gasteiger partial charge >= 0.3 is 5.97 Å². The number of rotatable bonds is 6. The second kappa shape index (κ2) is 7.60. The van der Waals surface area contributed by atoms with E-state index in [0.717, 1.165) is 19.3 Å². The number of carbonyl (C=O) groups is 1. The molecule has 1 unspecified atom stereocenters. The Kier molecular flexibility index (Phi) is 6.99. The molecule has 0 radical (unpaired) electrons. The fourth-order valence-corrected chi connectivity index (χ4v) is 0.941. The molecule has 0 N–H and O–H groups in total. The lowest BCUT2D eigenvalue weighted by Crippen LogP contribution is -2.16. The van der Waals surface area contributed by atoms with Crippen molar-refractivity contribution in [3.8, 4) is 6.07 Å². The third-order valence-corrected chi connectivity index (χ3v) is 1.76. The Balaban J connectivity index is 3.73. The summed E-state index contributed by atoms with van der Waals surface area (Å²) in [6.45, 7) is 4.42. The quantitative estimate of drug-likeness (QED) is 0.469. The lowest BCUT2D eigenvalue weighted by atomic mass is 10.1. The van der Waals surface area contributed by atoms with Crippen LogP contribution >= 0.6 is 0 Å². The molecular formula is C10H17NO2. The average molecular weight is 183 g/mol. The molecule has 0 aliphatic heterocycles. The fraction of sp³-hybridized carbons (Fsp3) is 0.800. The summed E-state index contributed by atoms with van der Waals surface area (Å²) in [6.07, 6.45) is 3.30. The lowest BCUT2D eigenvalue weighted by molar-refractivity contribution is -0.146. The molecule has 1 atom stereocenters. The number of carbonyl (C=O) groups excluding carboxylic acids is 1. The zero-order valence-corrected chi connectivity index (χ0v) is 8.38. The highest BCUT2D eigenvalue weighted by atomic mass is 16.5. The Morgan fingerprint density at radius 1 is 1.46 bits per heavy atom. The summed E-state index contributed by atoms with van der Waals surface area (Å²) >= 11 is 0. The van der Waals surface area contributed by atoms with Crippen LogP contribution in [0.2, 0.25) is 0 Å². The van der Waals surface area contributed by atoms with Crippen molar-refractivity contribution >= 4 is 5.97 Å². The van der Waals surface area contributed by atoms with Crippen molar-refractivity contribution in [3.05, 3.63) is 0 Å². The molecule has 0 bridgehead atoms. The van der Waals surface area contributed by atoms with Crippen molar-refractivity contribution in [3.63, 3.8) is 0 Å². The van der Waals surface area contributed by atoms with Gasteiger partial charge in [-0.25, -0.2) is 0 Å². The van der Waals surface area contributed by atoms with E-state index in [1.165, 1.54) is 0 Å². The zero-order chi connectivity index (χ0) is 10.1. The number of hydrogen-bond acceptors (Lipinski definition) is 3. The Morgan fingerprint density at radius 3 is 2.62 bits per heavy atom. The SMILES string of the molecule is CCCCOC(=O)C(C#N)CCC. The summed E-state index contributed by atoms with van der Waals surface area (Å²) in [4.78, 5) is 11.2. The van der Waals surface area contributed by atoms with Crippen LogP contribution in [0.5, 0.6) is 0 Å². The van der Waals surface area contributed by atoms with Gasteiger partial charge in [0.25, 0.3) is 0 Å². The van der Waals surface area contributed by atoms with Crippen LogP contribution in [0, 0.1) is 17.2 Å². The number of hydrogen-bond donors (Lipinski definition) is 0. The van der Waals surface area contributed by atoms with E-state index in [4.69, 9.17) is 10.00 Å². The van der Waals surface area contributed by atoms with E-state index in [1.54, 1.807) is 0 Å². The van der Waals surface area contributed by atoms with Gasteiger partial charge in [0.1, 0.15) is 5.92 Å². The molecule has 0 spiro atoms. The van der Waals surface area contributed by atoms with Gasteiger partial charge in [-0.1, -0.05) is 26.7 Å². The van der Waals surface area contributed by atoms with Crippen LogP contribution in [-0.2, 0) is 9.53 Å². The van der Waals surface area contributed by atoms with Crippen LogP contribution in [-0.4, -0.2) is 12.6 Å². The first-order valence-corrected chi connectivity index (χ1v) is 4.82. The van der Waals surface area contributed by atoms with Gasteiger partial charge < -0.3 is 4.74 Å². The van der Waals surface area contributed by atoms with E-state index in [1.807, 2.05) is 19.9 Å². The number of unbranched alkanes of at least 4 members (excludes halogenated alkanes) is 1. The molecule has 0 rings (SSSR count). The maximum Gasteiger partial charge on any atom is 0.323 e. The Hall–Kier alpha value is -1.04. The predicted octanol–water partition coefficient (Wildman–Crippen LogP) is 2.27. The summed E-state index contributed by atoms with van der Waals surface area (Å²) in [5, 5.41) is 8.63. The monoisotopic (exact) mass is 183 g/mol. The van der Waals surface area contributed by atoms with E-state index in [0.29, 0.717) is 13.0 Å². The molecule has 0 fully saturated rings. The van der Waals surface area contributed by atoms with Crippen molar-refractivity contribution < 1.29 is 9.53 Å². The Bertz CT molecular complexity index is 184. The van der Waals surface area contributed by atoms with Gasteiger partial charge in [-0.2, -0.15) is 5.26 Å². The Labute approximate surface area is 79.7 Å². The van der Waals surface area contributed by atoms with E-state index in [-0.39, 0.29) is 5.97 Å². The van der Waals surface area contributed by atoms with E-state index in [2.05, 4.69) is 0 Å². The largest absolute Gasteiger partial charge is 0.465 e. The lowest BCUT2D eigenvalue weighted by Gasteiger charge is -2.07. The smallest absolute Gasteiger partial charge is 0.323 e. The highest BCUT2D eigenvalue weighted by molar-refractivity contribution is 5.75. The molecule has 0 heterocycles. The van der Waals surface area contributed by atoms with Crippen LogP contribution < -0.4 is 0 Å². The van der Waals surface area contributed by atoms with E-state index in [9.17, 15) is 4.79 Å². The minimum atomic E-state index is -0.568. The first-order valence-electron chi connectivity index (χ1n) is 4.82. The van der Waals surface area contributed by atoms with Crippen LogP contribution in [0.25, 0.3) is 0 Å². The summed E-state index contributed by atoms with van der Waals surface area (Å²) < 4.78 is 4.93.